The zero-order chi connectivity index (χ0) is 9.80. The van der Waals surface area contributed by atoms with E-state index in [9.17, 15) is 0 Å². The van der Waals surface area contributed by atoms with Gasteiger partial charge in [0, 0.05) is 11.5 Å². The molecule has 0 heterocycles. The van der Waals surface area contributed by atoms with Crippen LogP contribution in [-0.4, -0.2) is 0 Å². The standard InChI is InChI=1S/C12H7ClO.2Li/c13-10-6-8-12(9-7-10)14-11-4-2-1-3-5-11;;/h1-4,6-8H;;/q-2;2*+1. The summed E-state index contributed by atoms with van der Waals surface area (Å²) in [6.07, 6.45) is 0. The Bertz CT molecular complexity index is 403. The third-order valence-electron chi connectivity index (χ3n) is 1.65. The van der Waals surface area contributed by atoms with Gasteiger partial charge in [-0.05, 0) is 0 Å². The molecule has 0 spiro atoms. The molecule has 2 aromatic carbocycles. The van der Waals surface area contributed by atoms with Gasteiger partial charge >= 0.3 is 37.7 Å². The fraction of sp³-hybridized carbons (Fsp3) is 0. The molecule has 0 radical (unpaired) electrons. The number of halogens is 1. The molecule has 0 atom stereocenters. The number of ether oxygens (including phenoxy) is 1. The van der Waals surface area contributed by atoms with Crippen LogP contribution < -0.4 is 42.5 Å². The maximum atomic E-state index is 5.72. The molecule has 0 saturated carbocycles. The molecule has 0 saturated heterocycles. The average molecular weight is 217 g/mol. The molecule has 0 unspecified atom stereocenters. The summed E-state index contributed by atoms with van der Waals surface area (Å²) in [5.41, 5.74) is 0. The molecular weight excluding hydrogens is 209 g/mol. The second-order valence-electron chi connectivity index (χ2n) is 2.70. The first-order valence-corrected chi connectivity index (χ1v) is 4.54. The first kappa shape index (κ1) is 15.7. The number of hydrogen-bond acceptors (Lipinski definition) is 1. The van der Waals surface area contributed by atoms with Crippen LogP contribution >= 0.6 is 11.6 Å². The van der Waals surface area contributed by atoms with Crippen LogP contribution in [0.3, 0.4) is 0 Å². The van der Waals surface area contributed by atoms with Crippen LogP contribution in [0.2, 0.25) is 5.02 Å². The fourth-order valence-corrected chi connectivity index (χ4v) is 1.13. The minimum Gasteiger partial charge on any atom is -0.509 e. The van der Waals surface area contributed by atoms with Gasteiger partial charge in [0.25, 0.3) is 0 Å². The molecule has 2 rings (SSSR count). The van der Waals surface area contributed by atoms with E-state index in [0.717, 1.165) is 0 Å². The number of benzene rings is 2. The van der Waals surface area contributed by atoms with Crippen molar-refractivity contribution in [3.8, 4) is 11.5 Å². The summed E-state index contributed by atoms with van der Waals surface area (Å²) in [6.45, 7) is 0. The zero-order valence-electron chi connectivity index (χ0n) is 9.33. The van der Waals surface area contributed by atoms with Crippen LogP contribution in [0.15, 0.2) is 42.5 Å². The molecule has 0 aromatic heterocycles. The van der Waals surface area contributed by atoms with Crippen molar-refractivity contribution in [2.24, 2.45) is 0 Å². The maximum Gasteiger partial charge on any atom is 1.00 e. The molecule has 0 fully saturated rings. The largest absolute Gasteiger partial charge is 1.00 e. The summed E-state index contributed by atoms with van der Waals surface area (Å²) in [7, 11) is 0. The van der Waals surface area contributed by atoms with Crippen LogP contribution in [0.4, 0.5) is 0 Å². The summed E-state index contributed by atoms with van der Waals surface area (Å²) >= 11 is 5.72. The van der Waals surface area contributed by atoms with Crippen molar-refractivity contribution in [1.29, 1.82) is 0 Å². The van der Waals surface area contributed by atoms with Gasteiger partial charge < -0.3 is 4.74 Å². The smallest absolute Gasteiger partial charge is 0.509 e. The molecule has 16 heavy (non-hydrogen) atoms. The van der Waals surface area contributed by atoms with Crippen molar-refractivity contribution in [2.75, 3.05) is 0 Å². The van der Waals surface area contributed by atoms with E-state index in [1.165, 1.54) is 0 Å². The molecule has 0 amide bonds. The molecule has 0 bridgehead atoms. The normalized spacial score (nSPS) is 8.56. The van der Waals surface area contributed by atoms with E-state index in [2.05, 4.69) is 12.1 Å². The van der Waals surface area contributed by atoms with Gasteiger partial charge in [-0.15, -0.1) is 24.3 Å². The van der Waals surface area contributed by atoms with Crippen LogP contribution in [0, 0.1) is 12.1 Å². The Morgan fingerprint density at radius 1 is 0.938 bits per heavy atom. The SMILES string of the molecule is Clc1c[c-]c(Oc2[c-]cccc2)cc1.[Li+].[Li+]. The van der Waals surface area contributed by atoms with Crippen molar-refractivity contribution < 1.29 is 42.5 Å². The third kappa shape index (κ3) is 4.71. The van der Waals surface area contributed by atoms with Crippen LogP contribution in [0.1, 0.15) is 0 Å². The summed E-state index contributed by atoms with van der Waals surface area (Å²) in [6, 6.07) is 18.5. The minimum atomic E-state index is 0. The molecule has 4 heteroatoms. The Morgan fingerprint density at radius 2 is 1.69 bits per heavy atom. The van der Waals surface area contributed by atoms with Crippen LogP contribution in [0.25, 0.3) is 0 Å². The topological polar surface area (TPSA) is 9.23 Å². The van der Waals surface area contributed by atoms with Crippen LogP contribution in [0.5, 0.6) is 11.5 Å². The van der Waals surface area contributed by atoms with Gasteiger partial charge in [0.1, 0.15) is 0 Å². The predicted molar refractivity (Wildman–Crippen MR) is 55.6 cm³/mol. The van der Waals surface area contributed by atoms with Crippen molar-refractivity contribution in [2.45, 2.75) is 0 Å². The maximum absolute atomic E-state index is 5.72. The Morgan fingerprint density at radius 3 is 2.25 bits per heavy atom. The van der Waals surface area contributed by atoms with Crippen LogP contribution in [-0.2, 0) is 0 Å². The number of rotatable bonds is 2. The van der Waals surface area contributed by atoms with Gasteiger partial charge in [-0.3, -0.25) is 0 Å². The van der Waals surface area contributed by atoms with Gasteiger partial charge in [0.15, 0.2) is 0 Å². The quantitative estimate of drug-likeness (QED) is 0.407. The Labute approximate surface area is 125 Å². The van der Waals surface area contributed by atoms with Gasteiger partial charge in [0.2, 0.25) is 0 Å². The fourth-order valence-electron chi connectivity index (χ4n) is 1.01. The Kier molecular flexibility index (Phi) is 7.77. The van der Waals surface area contributed by atoms with Crippen molar-refractivity contribution >= 4 is 11.6 Å². The monoisotopic (exact) mass is 216 g/mol. The van der Waals surface area contributed by atoms with E-state index in [1.54, 1.807) is 24.3 Å². The average Bonchev–Trinajstić information content (AvgIpc) is 2.23. The first-order chi connectivity index (χ1) is 6.84. The van der Waals surface area contributed by atoms with E-state index < -0.39 is 0 Å². The summed E-state index contributed by atoms with van der Waals surface area (Å²) in [5, 5.41) is 0.648. The second-order valence-corrected chi connectivity index (χ2v) is 3.14. The van der Waals surface area contributed by atoms with Gasteiger partial charge in [-0.1, -0.05) is 5.02 Å². The van der Waals surface area contributed by atoms with E-state index >= 15 is 0 Å². The molecular formula is C12H7ClLi2O. The zero-order valence-corrected chi connectivity index (χ0v) is 10.1. The van der Waals surface area contributed by atoms with Gasteiger partial charge in [-0.2, -0.15) is 41.9 Å². The second kappa shape index (κ2) is 7.91. The molecule has 70 valence electrons. The Balaban J connectivity index is 0.00000112. The first-order valence-electron chi connectivity index (χ1n) is 4.16. The van der Waals surface area contributed by atoms with E-state index in [1.807, 2.05) is 18.2 Å². The van der Waals surface area contributed by atoms with E-state index in [4.69, 9.17) is 16.3 Å². The van der Waals surface area contributed by atoms with E-state index in [0.29, 0.717) is 16.5 Å². The molecule has 0 aliphatic carbocycles. The number of para-hydroxylation sites is 1. The molecule has 1 nitrogen and oxygen atoms in total. The van der Waals surface area contributed by atoms with Gasteiger partial charge in [0.05, 0.1) is 0 Å². The molecule has 0 aliphatic rings. The molecule has 0 aliphatic heterocycles. The summed E-state index contributed by atoms with van der Waals surface area (Å²) in [4.78, 5) is 0. The molecule has 2 aromatic rings. The van der Waals surface area contributed by atoms with Crippen molar-refractivity contribution in [3.63, 3.8) is 0 Å². The van der Waals surface area contributed by atoms with Crippen molar-refractivity contribution in [1.82, 2.24) is 0 Å². The third-order valence-corrected chi connectivity index (χ3v) is 1.88. The summed E-state index contributed by atoms with van der Waals surface area (Å²) < 4.78 is 5.46. The molecule has 0 N–H and O–H groups in total. The minimum absolute atomic E-state index is 0. The van der Waals surface area contributed by atoms with Gasteiger partial charge in [-0.25, -0.2) is 0 Å². The number of hydrogen-bond donors (Lipinski definition) is 0. The Hall–Kier alpha value is -0.275. The van der Waals surface area contributed by atoms with E-state index in [-0.39, 0.29) is 37.7 Å². The van der Waals surface area contributed by atoms with Crippen molar-refractivity contribution in [3.05, 3.63) is 59.6 Å². The predicted octanol–water partition coefficient (Wildman–Crippen LogP) is -2.26. The summed E-state index contributed by atoms with van der Waals surface area (Å²) in [5.74, 6) is 1.31.